The van der Waals surface area contributed by atoms with Gasteiger partial charge >= 0.3 is 0 Å². The van der Waals surface area contributed by atoms with Crippen molar-refractivity contribution < 1.29 is 9.53 Å². The fraction of sp³-hybridized carbons (Fsp3) is 0.733. The van der Waals surface area contributed by atoms with Gasteiger partial charge in [0.05, 0.1) is 13.2 Å². The van der Waals surface area contributed by atoms with Crippen LogP contribution in [0.1, 0.15) is 6.42 Å². The van der Waals surface area contributed by atoms with Crippen molar-refractivity contribution in [3.05, 3.63) is 12.7 Å². The zero-order chi connectivity index (χ0) is 16.2. The zero-order valence-electron chi connectivity index (χ0n) is 13.8. The molecule has 0 aliphatic carbocycles. The highest BCUT2D eigenvalue weighted by Crippen LogP contribution is 1.97. The first kappa shape index (κ1) is 18.4. The first-order chi connectivity index (χ1) is 10.6. The predicted molar refractivity (Wildman–Crippen MR) is 89.1 cm³/mol. The van der Waals surface area contributed by atoms with Crippen LogP contribution < -0.4 is 10.6 Å². The third-order valence-electron chi connectivity index (χ3n) is 3.33. The Morgan fingerprint density at radius 3 is 2.73 bits per heavy atom. The van der Waals surface area contributed by atoms with E-state index in [0.717, 1.165) is 45.8 Å². The molecule has 1 heterocycles. The lowest BCUT2D eigenvalue weighted by molar-refractivity contribution is -0.127. The third kappa shape index (κ3) is 7.99. The molecule has 7 nitrogen and oxygen atoms in total. The number of hydrogen-bond donors (Lipinski definition) is 2. The highest BCUT2D eigenvalue weighted by molar-refractivity contribution is 5.84. The number of carbonyl (C=O) groups excluding carboxylic acids is 1. The Morgan fingerprint density at radius 1 is 1.36 bits per heavy atom. The van der Waals surface area contributed by atoms with Crippen LogP contribution in [-0.4, -0.2) is 88.2 Å². The maximum Gasteiger partial charge on any atom is 0.243 e. The lowest BCUT2D eigenvalue weighted by atomic mass is 10.3. The number of amides is 1. The molecule has 0 aromatic rings. The van der Waals surface area contributed by atoms with Crippen molar-refractivity contribution in [1.29, 1.82) is 0 Å². The van der Waals surface area contributed by atoms with Gasteiger partial charge in [0.2, 0.25) is 5.91 Å². The fourth-order valence-corrected chi connectivity index (χ4v) is 1.97. The number of rotatable bonds is 8. The van der Waals surface area contributed by atoms with Crippen molar-refractivity contribution in [3.63, 3.8) is 0 Å². The van der Waals surface area contributed by atoms with Gasteiger partial charge < -0.3 is 20.3 Å². The second-order valence-electron chi connectivity index (χ2n) is 5.36. The number of hydrogen-bond acceptors (Lipinski definition) is 4. The van der Waals surface area contributed by atoms with Crippen LogP contribution in [0, 0.1) is 0 Å². The molecule has 1 aliphatic heterocycles. The maximum absolute atomic E-state index is 11.6. The van der Waals surface area contributed by atoms with E-state index in [1.165, 1.54) is 4.90 Å². The summed E-state index contributed by atoms with van der Waals surface area (Å²) < 4.78 is 5.33. The topological polar surface area (TPSA) is 69.2 Å². The minimum atomic E-state index is -0.0204. The molecule has 0 spiro atoms. The van der Waals surface area contributed by atoms with Crippen molar-refractivity contribution >= 4 is 11.9 Å². The Labute approximate surface area is 133 Å². The molecule has 22 heavy (non-hydrogen) atoms. The van der Waals surface area contributed by atoms with Crippen molar-refractivity contribution in [2.75, 3.05) is 66.6 Å². The highest BCUT2D eigenvalue weighted by Gasteiger charge is 2.09. The lowest BCUT2D eigenvalue weighted by Gasteiger charge is -2.26. The predicted octanol–water partition coefficient (Wildman–Crippen LogP) is -0.482. The Hall–Kier alpha value is -1.60. The monoisotopic (exact) mass is 311 g/mol. The van der Waals surface area contributed by atoms with Crippen LogP contribution in [0.5, 0.6) is 0 Å². The normalized spacial score (nSPS) is 16.2. The maximum atomic E-state index is 11.6. The molecule has 0 bridgehead atoms. The quantitative estimate of drug-likeness (QED) is 0.274. The summed E-state index contributed by atoms with van der Waals surface area (Å²) in [6.07, 6.45) is 2.79. The van der Waals surface area contributed by atoms with E-state index in [0.29, 0.717) is 12.5 Å². The Morgan fingerprint density at radius 2 is 2.09 bits per heavy atom. The number of nitrogens with zero attached hydrogens (tertiary/aromatic N) is 3. The van der Waals surface area contributed by atoms with E-state index in [1.54, 1.807) is 20.2 Å². The molecule has 0 atom stereocenters. The molecule has 0 unspecified atom stereocenters. The van der Waals surface area contributed by atoms with Crippen LogP contribution in [0.15, 0.2) is 17.6 Å². The molecule has 1 fully saturated rings. The highest BCUT2D eigenvalue weighted by atomic mass is 16.5. The molecule has 1 saturated heterocycles. The van der Waals surface area contributed by atoms with Gasteiger partial charge in [-0.3, -0.25) is 9.69 Å². The van der Waals surface area contributed by atoms with Crippen LogP contribution >= 0.6 is 0 Å². The summed E-state index contributed by atoms with van der Waals surface area (Å²) in [6.45, 7) is 9.96. The van der Waals surface area contributed by atoms with Gasteiger partial charge in [0.15, 0.2) is 5.96 Å². The van der Waals surface area contributed by atoms with Gasteiger partial charge in [-0.25, -0.2) is 4.99 Å². The first-order valence-corrected chi connectivity index (χ1v) is 7.77. The summed E-state index contributed by atoms with van der Waals surface area (Å²) in [5.74, 6) is 0.630. The van der Waals surface area contributed by atoms with Crippen molar-refractivity contribution in [2.45, 2.75) is 6.42 Å². The van der Waals surface area contributed by atoms with Crippen molar-refractivity contribution in [3.8, 4) is 0 Å². The number of aliphatic imine (C=N–C) groups is 1. The van der Waals surface area contributed by atoms with Crippen LogP contribution in [0.25, 0.3) is 0 Å². The number of guanidine groups is 1. The summed E-state index contributed by atoms with van der Waals surface area (Å²) in [4.78, 5) is 19.8. The Kier molecular flexibility index (Phi) is 9.25. The van der Waals surface area contributed by atoms with Crippen LogP contribution in [0.3, 0.4) is 0 Å². The molecule has 0 aromatic heterocycles. The van der Waals surface area contributed by atoms with E-state index >= 15 is 0 Å². The van der Waals surface area contributed by atoms with Gasteiger partial charge in [-0.2, -0.15) is 0 Å². The van der Waals surface area contributed by atoms with E-state index in [1.807, 2.05) is 0 Å². The number of carbonyl (C=O) groups is 1. The second-order valence-corrected chi connectivity index (χ2v) is 5.36. The average Bonchev–Trinajstić information content (AvgIpc) is 2.53. The molecule has 0 saturated carbocycles. The van der Waals surface area contributed by atoms with Gasteiger partial charge in [0, 0.05) is 40.3 Å². The Balaban J connectivity index is 2.28. The molecule has 7 heteroatoms. The van der Waals surface area contributed by atoms with E-state index in [9.17, 15) is 4.79 Å². The summed E-state index contributed by atoms with van der Waals surface area (Å²) in [5, 5.41) is 6.37. The summed E-state index contributed by atoms with van der Waals surface area (Å²) in [6, 6.07) is 0. The standard InChI is InChI=1S/C15H29N5O2/c1-4-6-16-15(18-13-14(21)19(2)3)17-7-5-8-20-9-11-22-12-10-20/h4H,1,5-13H2,2-3H3,(H2,16,17,18). The summed E-state index contributed by atoms with van der Waals surface area (Å²) in [5.41, 5.74) is 0. The minimum absolute atomic E-state index is 0.0204. The van der Waals surface area contributed by atoms with E-state index in [4.69, 9.17) is 4.74 Å². The van der Waals surface area contributed by atoms with Gasteiger partial charge in [-0.1, -0.05) is 6.08 Å². The van der Waals surface area contributed by atoms with Gasteiger partial charge in [-0.15, -0.1) is 6.58 Å². The van der Waals surface area contributed by atoms with E-state index < -0.39 is 0 Å². The van der Waals surface area contributed by atoms with Crippen LogP contribution in [0.4, 0.5) is 0 Å². The number of nitrogens with one attached hydrogen (secondary N) is 2. The van der Waals surface area contributed by atoms with E-state index in [2.05, 4.69) is 27.1 Å². The third-order valence-corrected chi connectivity index (χ3v) is 3.33. The number of ether oxygens (including phenoxy) is 1. The lowest BCUT2D eigenvalue weighted by Crippen LogP contribution is -2.41. The molecule has 1 rings (SSSR count). The van der Waals surface area contributed by atoms with Crippen LogP contribution in [-0.2, 0) is 9.53 Å². The minimum Gasteiger partial charge on any atom is -0.379 e. The molecular weight excluding hydrogens is 282 g/mol. The summed E-state index contributed by atoms with van der Waals surface area (Å²) in [7, 11) is 3.45. The smallest absolute Gasteiger partial charge is 0.243 e. The largest absolute Gasteiger partial charge is 0.379 e. The molecule has 2 N–H and O–H groups in total. The van der Waals surface area contributed by atoms with Gasteiger partial charge in [0.1, 0.15) is 6.54 Å². The Bertz CT molecular complexity index is 365. The molecule has 1 amide bonds. The molecule has 0 aromatic carbocycles. The van der Waals surface area contributed by atoms with Crippen molar-refractivity contribution in [1.82, 2.24) is 20.4 Å². The van der Waals surface area contributed by atoms with E-state index in [-0.39, 0.29) is 12.5 Å². The average molecular weight is 311 g/mol. The van der Waals surface area contributed by atoms with Gasteiger partial charge in [0.25, 0.3) is 0 Å². The molecule has 126 valence electrons. The first-order valence-electron chi connectivity index (χ1n) is 7.77. The summed E-state index contributed by atoms with van der Waals surface area (Å²) >= 11 is 0. The molecule has 0 radical (unpaired) electrons. The van der Waals surface area contributed by atoms with Gasteiger partial charge in [-0.05, 0) is 13.0 Å². The van der Waals surface area contributed by atoms with Crippen LogP contribution in [0.2, 0.25) is 0 Å². The fourth-order valence-electron chi connectivity index (χ4n) is 1.97. The van der Waals surface area contributed by atoms with Crippen molar-refractivity contribution in [2.24, 2.45) is 4.99 Å². The molecular formula is C15H29N5O2. The molecule has 1 aliphatic rings. The SMILES string of the molecule is C=CCNC(=NCC(=O)N(C)C)NCCCN1CCOCC1. The second kappa shape index (κ2) is 11.0. The number of likely N-dealkylation sites (N-methyl/N-ethyl adjacent to an activating group) is 1. The number of morpholine rings is 1. The zero-order valence-corrected chi connectivity index (χ0v) is 13.8.